The highest BCUT2D eigenvalue weighted by Crippen LogP contribution is 2.49. The number of carbonyl (C=O) groups excluding carboxylic acids is 2. The van der Waals surface area contributed by atoms with Gasteiger partial charge < -0.3 is 49.7 Å². The van der Waals surface area contributed by atoms with Gasteiger partial charge in [-0.2, -0.15) is 0 Å². The quantitative estimate of drug-likeness (QED) is 0.00965. The number of allylic oxidation sites excluding steroid dienone is 16. The van der Waals surface area contributed by atoms with Crippen molar-refractivity contribution in [3.8, 4) is 0 Å². The van der Waals surface area contributed by atoms with E-state index in [-0.39, 0.29) is 19.3 Å². The van der Waals surface area contributed by atoms with Gasteiger partial charge in [0.05, 0.1) is 12.7 Å². The molecule has 1 aliphatic carbocycles. The Morgan fingerprint density at radius 2 is 1.09 bits per heavy atom. The summed E-state index contributed by atoms with van der Waals surface area (Å²) < 4.78 is 49.2. The van der Waals surface area contributed by atoms with Crippen molar-refractivity contribution < 1.29 is 82.0 Å². The lowest BCUT2D eigenvalue weighted by Crippen LogP contribution is -2.64. The summed E-state index contributed by atoms with van der Waals surface area (Å²) in [6, 6.07) is 0. The third-order valence-electron chi connectivity index (χ3n) is 9.92. The van der Waals surface area contributed by atoms with Crippen molar-refractivity contribution in [1.29, 1.82) is 0 Å². The van der Waals surface area contributed by atoms with Crippen LogP contribution in [0.3, 0.4) is 0 Å². The number of rotatable bonds is 37. The van der Waals surface area contributed by atoms with Crippen LogP contribution in [0.1, 0.15) is 123 Å². The van der Waals surface area contributed by atoms with E-state index in [0.29, 0.717) is 25.7 Å². The van der Waals surface area contributed by atoms with Crippen molar-refractivity contribution in [3.05, 3.63) is 109 Å². The predicted molar refractivity (Wildman–Crippen MR) is 261 cm³/mol. The fourth-order valence-electron chi connectivity index (χ4n) is 6.26. The molecule has 0 spiro atoms. The molecule has 0 aromatic heterocycles. The zero-order chi connectivity index (χ0) is 50.5. The van der Waals surface area contributed by atoms with E-state index >= 15 is 0 Å². The predicted octanol–water partition coefficient (Wildman–Crippen LogP) is 7.92. The third kappa shape index (κ3) is 32.4. The molecule has 1 rings (SSSR count). The van der Waals surface area contributed by atoms with Crippen molar-refractivity contribution in [2.45, 2.75) is 172 Å². The number of aliphatic hydroxyl groups excluding tert-OH is 5. The van der Waals surface area contributed by atoms with Crippen molar-refractivity contribution in [3.63, 3.8) is 0 Å². The Hall–Kier alpha value is -3.38. The van der Waals surface area contributed by atoms with Crippen LogP contribution in [0.15, 0.2) is 109 Å². The Kier molecular flexibility index (Phi) is 35.4. The normalized spacial score (nSPS) is 22.7. The molecule has 19 heteroatoms. The largest absolute Gasteiger partial charge is 0.472 e. The summed E-state index contributed by atoms with van der Waals surface area (Å²) in [4.78, 5) is 54.2. The summed E-state index contributed by atoms with van der Waals surface area (Å²) in [5, 5.41) is 51.5. The highest BCUT2D eigenvalue weighted by atomic mass is 31.2. The summed E-state index contributed by atoms with van der Waals surface area (Å²) >= 11 is 0. The number of unbranched alkanes of at least 4 members (excludes halogenated alkanes) is 5. The van der Waals surface area contributed by atoms with Crippen LogP contribution < -0.4 is 0 Å². The second-order valence-corrected chi connectivity index (χ2v) is 18.5. The number of ether oxygens (including phenoxy) is 2. The fourth-order valence-corrected chi connectivity index (χ4v) is 7.80. The van der Waals surface area contributed by atoms with E-state index in [9.17, 15) is 58.9 Å². The number of hydrogen-bond acceptors (Lipinski definition) is 14. The lowest BCUT2D eigenvalue weighted by Gasteiger charge is -2.43. The van der Waals surface area contributed by atoms with Gasteiger partial charge in [0, 0.05) is 12.8 Å². The number of esters is 2. The molecule has 0 saturated heterocycles. The van der Waals surface area contributed by atoms with Crippen molar-refractivity contribution >= 4 is 27.6 Å². The molecule has 9 atom stereocenters. The first kappa shape index (κ1) is 62.6. The van der Waals surface area contributed by atoms with E-state index in [1.807, 2.05) is 24.3 Å². The first-order chi connectivity index (χ1) is 32.5. The van der Waals surface area contributed by atoms with Gasteiger partial charge in [0.25, 0.3) is 0 Å². The second kappa shape index (κ2) is 38.4. The van der Waals surface area contributed by atoms with E-state index in [0.717, 1.165) is 44.9 Å². The molecule has 1 saturated carbocycles. The minimum Gasteiger partial charge on any atom is -0.462 e. The molecule has 0 radical (unpaired) electrons. The average Bonchev–Trinajstić information content (AvgIpc) is 3.29. The molecule has 0 aliphatic heterocycles. The van der Waals surface area contributed by atoms with Crippen LogP contribution in [-0.4, -0.2) is 114 Å². The van der Waals surface area contributed by atoms with E-state index in [1.165, 1.54) is 19.3 Å². The summed E-state index contributed by atoms with van der Waals surface area (Å²) in [7, 11) is -10.8. The minimum absolute atomic E-state index is 0.0486. The van der Waals surface area contributed by atoms with Gasteiger partial charge in [0.15, 0.2) is 6.10 Å². The van der Waals surface area contributed by atoms with Crippen LogP contribution in [0.5, 0.6) is 0 Å². The van der Waals surface area contributed by atoms with E-state index < -0.39 is 89.6 Å². The highest BCUT2D eigenvalue weighted by Gasteiger charge is 2.54. The second-order valence-electron chi connectivity index (χ2n) is 15.9. The molecular weight excluding hydrogens is 922 g/mol. The topological polar surface area (TPSA) is 276 Å². The SMILES string of the molecule is CC/C=C\C/C=C\C/C=C\C/C=C\C=C/C(O)C/C=C\CCC(=O)OC[C@H](COP(=O)(O)O[C@H]1C(O)C(O)C(O)[C@@H](OP(=O)(O)O)C1O)OC(=O)CCCC/C=C\C/C=C\C/C=C\CCCCC. The fraction of sp³-hybridized carbons (Fsp3) is 0.592. The molecule has 8 N–H and O–H groups in total. The van der Waals surface area contributed by atoms with Crippen molar-refractivity contribution in [1.82, 2.24) is 0 Å². The Balaban J connectivity index is 2.72. The van der Waals surface area contributed by atoms with Gasteiger partial charge in [-0.05, 0) is 83.5 Å². The number of carbonyl (C=O) groups is 2. The van der Waals surface area contributed by atoms with Gasteiger partial charge in [0.1, 0.15) is 43.2 Å². The van der Waals surface area contributed by atoms with Gasteiger partial charge in [-0.1, -0.05) is 136 Å². The van der Waals surface area contributed by atoms with Gasteiger partial charge in [-0.15, -0.1) is 0 Å². The number of phosphoric acid groups is 2. The van der Waals surface area contributed by atoms with Crippen LogP contribution in [-0.2, 0) is 41.8 Å². The molecule has 0 heterocycles. The molecule has 0 amide bonds. The van der Waals surface area contributed by atoms with E-state index in [4.69, 9.17) is 18.5 Å². The maximum Gasteiger partial charge on any atom is 0.472 e. The number of hydrogen-bond donors (Lipinski definition) is 8. The average molecular weight is 1000 g/mol. The van der Waals surface area contributed by atoms with E-state index in [1.54, 1.807) is 24.3 Å². The highest BCUT2D eigenvalue weighted by molar-refractivity contribution is 7.47. The van der Waals surface area contributed by atoms with Gasteiger partial charge >= 0.3 is 27.6 Å². The number of aliphatic hydroxyl groups is 5. The molecular formula is C49H78O17P2. The first-order valence-electron chi connectivity index (χ1n) is 23.5. The van der Waals surface area contributed by atoms with Crippen molar-refractivity contribution in [2.75, 3.05) is 13.2 Å². The molecule has 0 aromatic carbocycles. The minimum atomic E-state index is -5.39. The lowest BCUT2D eigenvalue weighted by atomic mass is 9.85. The zero-order valence-electron chi connectivity index (χ0n) is 39.6. The van der Waals surface area contributed by atoms with Crippen LogP contribution in [0, 0.1) is 0 Å². The van der Waals surface area contributed by atoms with Gasteiger partial charge in [-0.25, -0.2) is 9.13 Å². The maximum absolute atomic E-state index is 13.0. The summed E-state index contributed by atoms with van der Waals surface area (Å²) in [6.07, 6.45) is 32.2. The van der Waals surface area contributed by atoms with Crippen LogP contribution in [0.2, 0.25) is 0 Å². The lowest BCUT2D eigenvalue weighted by molar-refractivity contribution is -0.216. The summed E-state index contributed by atoms with van der Waals surface area (Å²) in [6.45, 7) is 2.76. The van der Waals surface area contributed by atoms with E-state index in [2.05, 4.69) is 79.1 Å². The van der Waals surface area contributed by atoms with Crippen LogP contribution >= 0.6 is 15.6 Å². The van der Waals surface area contributed by atoms with Gasteiger partial charge in [-0.3, -0.25) is 23.2 Å². The monoisotopic (exact) mass is 1000 g/mol. The molecule has 1 fully saturated rings. The Bertz CT molecular complexity index is 1750. The van der Waals surface area contributed by atoms with Gasteiger partial charge in [0.2, 0.25) is 0 Å². The smallest absolute Gasteiger partial charge is 0.462 e. The van der Waals surface area contributed by atoms with Crippen LogP contribution in [0.25, 0.3) is 0 Å². The standard InChI is InChI=1S/C49H78O17P2/c1-3-5-7-9-11-13-15-17-18-20-22-24-26-28-32-37-43(52)64-41(39-63-68(60,61)66-49-46(55)44(53)45(54)48(47(49)56)65-67(57,58)59)38-62-42(51)36-33-29-31-35-40(50)34-30-27-25-23-21-19-16-14-12-10-8-6-4-2/h6,8,11-14,17-19,21-22,24-25,27,29-31,34,40-41,44-50,53-56H,3-5,7,9-10,15-16,20,23,26,28,32-33,35-39H2,1-2H3,(H,60,61)(H2,57,58,59)/b8-6-,13-11-,14-12-,18-17-,21-19-,24-22-,27-25-,31-29-,34-30-/t40?,41-,44?,45?,46?,47?,48-,49+/m1/s1. The molecule has 386 valence electrons. The van der Waals surface area contributed by atoms with Crippen molar-refractivity contribution in [2.24, 2.45) is 0 Å². The Morgan fingerprint density at radius 3 is 1.66 bits per heavy atom. The first-order valence-corrected chi connectivity index (χ1v) is 26.6. The zero-order valence-corrected chi connectivity index (χ0v) is 41.4. The number of phosphoric ester groups is 2. The summed E-state index contributed by atoms with van der Waals surface area (Å²) in [5.74, 6) is -1.44. The summed E-state index contributed by atoms with van der Waals surface area (Å²) in [5.41, 5.74) is 0. The molecule has 6 unspecified atom stereocenters. The Morgan fingerprint density at radius 1 is 0.559 bits per heavy atom. The molecule has 17 nitrogen and oxygen atoms in total. The molecule has 1 aliphatic rings. The third-order valence-corrected chi connectivity index (χ3v) is 11.4. The maximum atomic E-state index is 13.0. The molecule has 0 aromatic rings. The molecule has 0 bridgehead atoms. The Labute approximate surface area is 402 Å². The molecule has 68 heavy (non-hydrogen) atoms. The van der Waals surface area contributed by atoms with Crippen LogP contribution in [0.4, 0.5) is 0 Å².